The third-order valence-corrected chi connectivity index (χ3v) is 5.74. The lowest BCUT2D eigenvalue weighted by Gasteiger charge is -2.11. The molecule has 0 aliphatic heterocycles. The van der Waals surface area contributed by atoms with Crippen LogP contribution in [0.1, 0.15) is 33.6 Å². The van der Waals surface area contributed by atoms with Crippen LogP contribution < -0.4 is 15.8 Å². The maximum Gasteiger partial charge on any atom is 0.262 e. The highest BCUT2D eigenvalue weighted by molar-refractivity contribution is 7.17. The zero-order valence-corrected chi connectivity index (χ0v) is 15.6. The highest BCUT2D eigenvalue weighted by Crippen LogP contribution is 2.38. The number of ether oxygens (including phenoxy) is 1. The molecule has 0 saturated heterocycles. The summed E-state index contributed by atoms with van der Waals surface area (Å²) in [5.74, 6) is -0.677. The number of nitrogens with one attached hydrogen (secondary N) is 1. The van der Waals surface area contributed by atoms with Crippen LogP contribution in [0.2, 0.25) is 10.0 Å². The predicted molar refractivity (Wildman–Crippen MR) is 100 cm³/mol. The Bertz CT molecular complexity index is 815. The quantitative estimate of drug-likeness (QED) is 0.796. The minimum Gasteiger partial charge on any atom is -0.481 e. The van der Waals surface area contributed by atoms with Crippen LogP contribution in [-0.2, 0) is 17.6 Å². The van der Waals surface area contributed by atoms with Crippen molar-refractivity contribution < 1.29 is 14.3 Å². The monoisotopic (exact) mass is 398 g/mol. The molecule has 132 valence electrons. The number of para-hydroxylation sites is 1. The van der Waals surface area contributed by atoms with Gasteiger partial charge in [-0.05, 0) is 43.4 Å². The van der Waals surface area contributed by atoms with Crippen molar-refractivity contribution in [2.75, 3.05) is 11.9 Å². The standard InChI is InChI=1S/C17H16Cl2N2O3S/c18-10-5-3-6-11(19)15(10)24-8-13(22)21-17-14(16(20)23)9-4-1-2-7-12(9)25-17/h3,5-6H,1-2,4,7-8H2,(H2,20,23)(H,21,22). The summed E-state index contributed by atoms with van der Waals surface area (Å²) in [6.45, 7) is -0.274. The van der Waals surface area contributed by atoms with Crippen LogP contribution in [0.3, 0.4) is 0 Å². The first-order valence-electron chi connectivity index (χ1n) is 7.78. The molecule has 0 spiro atoms. The number of benzene rings is 1. The van der Waals surface area contributed by atoms with E-state index in [1.54, 1.807) is 18.2 Å². The fourth-order valence-electron chi connectivity index (χ4n) is 2.84. The molecule has 0 bridgehead atoms. The summed E-state index contributed by atoms with van der Waals surface area (Å²) in [7, 11) is 0. The summed E-state index contributed by atoms with van der Waals surface area (Å²) >= 11 is 13.4. The lowest BCUT2D eigenvalue weighted by molar-refractivity contribution is -0.118. The lowest BCUT2D eigenvalue weighted by atomic mass is 9.95. The number of thiophene rings is 1. The number of hydrogen-bond acceptors (Lipinski definition) is 4. The fourth-order valence-corrected chi connectivity index (χ4v) is 4.65. The largest absolute Gasteiger partial charge is 0.481 e. The smallest absolute Gasteiger partial charge is 0.262 e. The number of fused-ring (bicyclic) bond motifs is 1. The maximum atomic E-state index is 12.2. The zero-order valence-electron chi connectivity index (χ0n) is 13.2. The number of rotatable bonds is 5. The van der Waals surface area contributed by atoms with Gasteiger partial charge in [-0.2, -0.15) is 0 Å². The first-order chi connectivity index (χ1) is 12.0. The summed E-state index contributed by atoms with van der Waals surface area (Å²) in [6.07, 6.45) is 3.81. The first-order valence-corrected chi connectivity index (χ1v) is 9.35. The molecule has 0 radical (unpaired) electrons. The normalized spacial score (nSPS) is 13.2. The summed E-state index contributed by atoms with van der Waals surface area (Å²) in [5, 5.41) is 3.86. The molecule has 25 heavy (non-hydrogen) atoms. The summed E-state index contributed by atoms with van der Waals surface area (Å²) in [5.41, 5.74) is 6.90. The van der Waals surface area contributed by atoms with E-state index in [4.69, 9.17) is 33.7 Å². The van der Waals surface area contributed by atoms with E-state index in [1.165, 1.54) is 11.3 Å². The van der Waals surface area contributed by atoms with Gasteiger partial charge in [-0.3, -0.25) is 9.59 Å². The van der Waals surface area contributed by atoms with Crippen molar-refractivity contribution >= 4 is 51.4 Å². The molecule has 1 aromatic carbocycles. The third-order valence-electron chi connectivity index (χ3n) is 3.94. The topological polar surface area (TPSA) is 81.4 Å². The van der Waals surface area contributed by atoms with E-state index in [2.05, 4.69) is 5.32 Å². The average Bonchev–Trinajstić information content (AvgIpc) is 2.92. The molecule has 1 aliphatic carbocycles. The summed E-state index contributed by atoms with van der Waals surface area (Å²) < 4.78 is 5.42. The molecule has 2 amide bonds. The molecule has 3 rings (SSSR count). The molecule has 0 atom stereocenters. The highest BCUT2D eigenvalue weighted by atomic mass is 35.5. The molecule has 8 heteroatoms. The van der Waals surface area contributed by atoms with Gasteiger partial charge in [0.2, 0.25) is 0 Å². The molecular formula is C17H16Cl2N2O3S. The molecule has 0 fully saturated rings. The van der Waals surface area contributed by atoms with Crippen molar-refractivity contribution in [3.8, 4) is 5.75 Å². The number of amides is 2. The number of anilines is 1. The highest BCUT2D eigenvalue weighted by Gasteiger charge is 2.25. The van der Waals surface area contributed by atoms with Crippen LogP contribution in [0.5, 0.6) is 5.75 Å². The van der Waals surface area contributed by atoms with Gasteiger partial charge in [0.25, 0.3) is 11.8 Å². The number of aryl methyl sites for hydroxylation is 1. The Balaban J connectivity index is 1.73. The average molecular weight is 399 g/mol. The number of halogens is 2. The van der Waals surface area contributed by atoms with Gasteiger partial charge < -0.3 is 15.8 Å². The second-order valence-electron chi connectivity index (χ2n) is 5.67. The molecule has 2 aromatic rings. The van der Waals surface area contributed by atoms with Gasteiger partial charge in [-0.15, -0.1) is 11.3 Å². The minimum atomic E-state index is -0.523. The van der Waals surface area contributed by atoms with Crippen LogP contribution in [0.4, 0.5) is 5.00 Å². The first kappa shape index (κ1) is 18.0. The molecule has 3 N–H and O–H groups in total. The Kier molecular flexibility index (Phi) is 5.51. The van der Waals surface area contributed by atoms with Crippen LogP contribution in [0, 0.1) is 0 Å². The molecule has 5 nitrogen and oxygen atoms in total. The summed E-state index contributed by atoms with van der Waals surface area (Å²) in [6, 6.07) is 4.94. The van der Waals surface area contributed by atoms with E-state index in [9.17, 15) is 9.59 Å². The summed E-state index contributed by atoms with van der Waals surface area (Å²) in [4.78, 5) is 25.2. The van der Waals surface area contributed by atoms with Gasteiger partial charge in [-0.25, -0.2) is 0 Å². The minimum absolute atomic E-state index is 0.251. The molecule has 0 saturated carbocycles. The van der Waals surface area contributed by atoms with Gasteiger partial charge in [0.05, 0.1) is 15.6 Å². The van der Waals surface area contributed by atoms with Crippen molar-refractivity contribution in [2.45, 2.75) is 25.7 Å². The van der Waals surface area contributed by atoms with E-state index in [-0.39, 0.29) is 12.4 Å². The number of carbonyl (C=O) groups is 2. The van der Waals surface area contributed by atoms with Crippen LogP contribution in [-0.4, -0.2) is 18.4 Å². The Hall–Kier alpha value is -1.76. The van der Waals surface area contributed by atoms with Crippen LogP contribution >= 0.6 is 34.5 Å². The molecular weight excluding hydrogens is 383 g/mol. The number of carbonyl (C=O) groups excluding carboxylic acids is 2. The van der Waals surface area contributed by atoms with Gasteiger partial charge in [0, 0.05) is 4.88 Å². The fraction of sp³-hybridized carbons (Fsp3) is 0.294. The molecule has 0 unspecified atom stereocenters. The van der Waals surface area contributed by atoms with Gasteiger partial charge in [-0.1, -0.05) is 29.3 Å². The van der Waals surface area contributed by atoms with E-state index in [0.717, 1.165) is 36.1 Å². The van der Waals surface area contributed by atoms with Crippen molar-refractivity contribution in [1.29, 1.82) is 0 Å². The molecule has 1 aromatic heterocycles. The predicted octanol–water partition coefficient (Wildman–Crippen LogP) is 4.05. The maximum absolute atomic E-state index is 12.2. The van der Waals surface area contributed by atoms with E-state index < -0.39 is 11.8 Å². The van der Waals surface area contributed by atoms with Gasteiger partial charge >= 0.3 is 0 Å². The van der Waals surface area contributed by atoms with Crippen molar-refractivity contribution in [1.82, 2.24) is 0 Å². The molecule has 1 heterocycles. The Labute approximate surface area is 159 Å². The van der Waals surface area contributed by atoms with Crippen molar-refractivity contribution in [2.24, 2.45) is 5.73 Å². The van der Waals surface area contributed by atoms with Gasteiger partial charge in [0.1, 0.15) is 5.00 Å². The van der Waals surface area contributed by atoms with E-state index in [0.29, 0.717) is 20.6 Å². The van der Waals surface area contributed by atoms with Crippen LogP contribution in [0.25, 0.3) is 0 Å². The number of hydrogen-bond donors (Lipinski definition) is 2. The third kappa shape index (κ3) is 3.92. The SMILES string of the molecule is NC(=O)c1c(NC(=O)COc2c(Cl)cccc2Cl)sc2c1CCCC2. The number of nitrogens with two attached hydrogens (primary N) is 1. The molecule has 1 aliphatic rings. The Morgan fingerprint density at radius 2 is 1.88 bits per heavy atom. The Morgan fingerprint density at radius 1 is 1.20 bits per heavy atom. The zero-order chi connectivity index (χ0) is 18.0. The lowest BCUT2D eigenvalue weighted by Crippen LogP contribution is -2.22. The van der Waals surface area contributed by atoms with Crippen molar-refractivity contribution in [3.63, 3.8) is 0 Å². The van der Waals surface area contributed by atoms with E-state index in [1.807, 2.05) is 0 Å². The second-order valence-corrected chi connectivity index (χ2v) is 7.59. The Morgan fingerprint density at radius 3 is 2.56 bits per heavy atom. The van der Waals surface area contributed by atoms with E-state index >= 15 is 0 Å². The van der Waals surface area contributed by atoms with Crippen molar-refractivity contribution in [3.05, 3.63) is 44.2 Å². The van der Waals surface area contributed by atoms with Crippen LogP contribution in [0.15, 0.2) is 18.2 Å². The number of primary amides is 1. The second kappa shape index (κ2) is 7.64. The van der Waals surface area contributed by atoms with Gasteiger partial charge in [0.15, 0.2) is 12.4 Å².